The first kappa shape index (κ1) is 7.07. The third-order valence-corrected chi connectivity index (χ3v) is 2.04. The van der Waals surface area contributed by atoms with E-state index in [1.54, 1.807) is 0 Å². The smallest absolute Gasteiger partial charge is 0.00926 e. The molecule has 0 saturated carbocycles. The molecule has 53 valence electrons. The highest BCUT2D eigenvalue weighted by molar-refractivity contribution is 4.77. The number of hydrogen-bond donors (Lipinski definition) is 1. The molecule has 2 unspecified atom stereocenters. The van der Waals surface area contributed by atoms with Crippen LogP contribution in [-0.2, 0) is 0 Å². The predicted octanol–water partition coefficient (Wildman–Crippen LogP) is 1.60. The van der Waals surface area contributed by atoms with E-state index in [9.17, 15) is 0 Å². The second kappa shape index (κ2) is 3.21. The number of piperidine rings is 1. The van der Waals surface area contributed by atoms with Gasteiger partial charge in [0.15, 0.2) is 0 Å². The third-order valence-electron chi connectivity index (χ3n) is 2.04. The van der Waals surface area contributed by atoms with E-state index in [4.69, 9.17) is 0 Å². The monoisotopic (exact) mass is 126 g/mol. The Morgan fingerprint density at radius 1 is 1.56 bits per heavy atom. The molecule has 0 spiro atoms. The van der Waals surface area contributed by atoms with Crippen molar-refractivity contribution in [3.63, 3.8) is 0 Å². The van der Waals surface area contributed by atoms with Crippen molar-refractivity contribution in [3.05, 3.63) is 6.92 Å². The second-order valence-electron chi connectivity index (χ2n) is 3.03. The number of rotatable bonds is 1. The maximum atomic E-state index is 4.00. The average molecular weight is 126 g/mol. The molecule has 0 aromatic rings. The lowest BCUT2D eigenvalue weighted by Gasteiger charge is -2.26. The average Bonchev–Trinajstić information content (AvgIpc) is 1.90. The molecule has 1 aliphatic rings. The lowest BCUT2D eigenvalue weighted by atomic mass is 9.95. The summed E-state index contributed by atoms with van der Waals surface area (Å²) in [4.78, 5) is 0. The molecule has 1 heteroatoms. The largest absolute Gasteiger partial charge is 0.314 e. The van der Waals surface area contributed by atoms with Crippen molar-refractivity contribution < 1.29 is 0 Å². The van der Waals surface area contributed by atoms with Gasteiger partial charge < -0.3 is 5.32 Å². The highest BCUT2D eigenvalue weighted by atomic mass is 14.9. The standard InChI is InChI=1S/C8H16N/c1-7(2)8-5-3-4-6-9-8/h7-9H,1,3-6H2,2H3. The van der Waals surface area contributed by atoms with Gasteiger partial charge in [0.1, 0.15) is 0 Å². The van der Waals surface area contributed by atoms with Crippen LogP contribution in [0.1, 0.15) is 26.2 Å². The second-order valence-corrected chi connectivity index (χ2v) is 3.03. The van der Waals surface area contributed by atoms with Crippen molar-refractivity contribution in [2.24, 2.45) is 5.92 Å². The first-order valence-electron chi connectivity index (χ1n) is 3.87. The van der Waals surface area contributed by atoms with Crippen LogP contribution < -0.4 is 5.32 Å². The minimum Gasteiger partial charge on any atom is -0.314 e. The molecular formula is C8H16N. The zero-order chi connectivity index (χ0) is 6.69. The van der Waals surface area contributed by atoms with Gasteiger partial charge in [0.25, 0.3) is 0 Å². The highest BCUT2D eigenvalue weighted by Gasteiger charge is 2.14. The van der Waals surface area contributed by atoms with Crippen LogP contribution in [0.25, 0.3) is 0 Å². The molecule has 1 aliphatic heterocycles. The Labute approximate surface area is 57.8 Å². The predicted molar refractivity (Wildman–Crippen MR) is 40.2 cm³/mol. The van der Waals surface area contributed by atoms with Crippen molar-refractivity contribution in [3.8, 4) is 0 Å². The summed E-state index contributed by atoms with van der Waals surface area (Å²) in [6.45, 7) is 7.38. The molecule has 2 atom stereocenters. The zero-order valence-electron chi connectivity index (χ0n) is 6.19. The van der Waals surface area contributed by atoms with Crippen molar-refractivity contribution >= 4 is 0 Å². The van der Waals surface area contributed by atoms with Crippen LogP contribution >= 0.6 is 0 Å². The quantitative estimate of drug-likeness (QED) is 0.562. The van der Waals surface area contributed by atoms with Gasteiger partial charge in [-0.15, -0.1) is 0 Å². The summed E-state index contributed by atoms with van der Waals surface area (Å²) in [5.74, 6) is 0.574. The van der Waals surface area contributed by atoms with Gasteiger partial charge in [-0.2, -0.15) is 0 Å². The van der Waals surface area contributed by atoms with Crippen molar-refractivity contribution in [1.29, 1.82) is 0 Å². The van der Waals surface area contributed by atoms with E-state index in [0.717, 1.165) is 0 Å². The summed E-state index contributed by atoms with van der Waals surface area (Å²) < 4.78 is 0. The van der Waals surface area contributed by atoms with Crippen LogP contribution in [0.4, 0.5) is 0 Å². The summed E-state index contributed by atoms with van der Waals surface area (Å²) in [6, 6.07) is 0.693. The van der Waals surface area contributed by atoms with Gasteiger partial charge in [0.05, 0.1) is 0 Å². The number of nitrogens with one attached hydrogen (secondary N) is 1. The van der Waals surface area contributed by atoms with Crippen LogP contribution in [0.15, 0.2) is 0 Å². The van der Waals surface area contributed by atoms with Gasteiger partial charge in [0, 0.05) is 6.04 Å². The maximum Gasteiger partial charge on any atom is 0.00926 e. The van der Waals surface area contributed by atoms with E-state index in [1.165, 1.54) is 25.8 Å². The van der Waals surface area contributed by atoms with Gasteiger partial charge in [-0.3, -0.25) is 0 Å². The SMILES string of the molecule is [CH2]C(C)C1CCCCN1. The third kappa shape index (κ3) is 1.98. The molecule has 0 aromatic carbocycles. The Balaban J connectivity index is 2.23. The molecule has 0 amide bonds. The molecule has 0 aromatic heterocycles. The topological polar surface area (TPSA) is 12.0 Å². The first-order valence-corrected chi connectivity index (χ1v) is 3.87. The van der Waals surface area contributed by atoms with Crippen LogP contribution in [0.2, 0.25) is 0 Å². The zero-order valence-corrected chi connectivity index (χ0v) is 6.19. The molecular weight excluding hydrogens is 110 g/mol. The molecule has 1 nitrogen and oxygen atoms in total. The molecule has 0 bridgehead atoms. The van der Waals surface area contributed by atoms with E-state index in [-0.39, 0.29) is 0 Å². The number of hydrogen-bond acceptors (Lipinski definition) is 1. The van der Waals surface area contributed by atoms with Crippen LogP contribution in [-0.4, -0.2) is 12.6 Å². The van der Waals surface area contributed by atoms with Crippen LogP contribution in [0, 0.1) is 12.8 Å². The van der Waals surface area contributed by atoms with Crippen molar-refractivity contribution in [2.75, 3.05) is 6.54 Å². The van der Waals surface area contributed by atoms with E-state index < -0.39 is 0 Å². The summed E-state index contributed by atoms with van der Waals surface area (Å²) in [5.41, 5.74) is 0. The lowest BCUT2D eigenvalue weighted by Crippen LogP contribution is -2.37. The first-order chi connectivity index (χ1) is 4.30. The van der Waals surface area contributed by atoms with Gasteiger partial charge in [-0.05, 0) is 32.2 Å². The fourth-order valence-electron chi connectivity index (χ4n) is 1.36. The Kier molecular flexibility index (Phi) is 2.52. The molecule has 1 fully saturated rings. The summed E-state index contributed by atoms with van der Waals surface area (Å²) >= 11 is 0. The maximum absolute atomic E-state index is 4.00. The molecule has 1 radical (unpaired) electrons. The molecule has 1 N–H and O–H groups in total. The summed E-state index contributed by atoms with van der Waals surface area (Å²) in [6.07, 6.45) is 4.06. The minimum atomic E-state index is 0.574. The highest BCUT2D eigenvalue weighted by Crippen LogP contribution is 2.13. The van der Waals surface area contributed by atoms with Crippen LogP contribution in [0.5, 0.6) is 0 Å². The van der Waals surface area contributed by atoms with E-state index in [1.807, 2.05) is 0 Å². The molecule has 1 saturated heterocycles. The van der Waals surface area contributed by atoms with Crippen LogP contribution in [0.3, 0.4) is 0 Å². The van der Waals surface area contributed by atoms with E-state index >= 15 is 0 Å². The Bertz CT molecular complexity index is 72.6. The van der Waals surface area contributed by atoms with Crippen molar-refractivity contribution in [1.82, 2.24) is 5.32 Å². The molecule has 1 heterocycles. The minimum absolute atomic E-state index is 0.574. The molecule has 1 rings (SSSR count). The fourth-order valence-corrected chi connectivity index (χ4v) is 1.36. The van der Waals surface area contributed by atoms with E-state index in [0.29, 0.717) is 12.0 Å². The van der Waals surface area contributed by atoms with Gasteiger partial charge in [-0.25, -0.2) is 0 Å². The molecule has 0 aliphatic carbocycles. The fraction of sp³-hybridized carbons (Fsp3) is 0.875. The Morgan fingerprint density at radius 2 is 2.33 bits per heavy atom. The van der Waals surface area contributed by atoms with Gasteiger partial charge in [0.2, 0.25) is 0 Å². The normalized spacial score (nSPS) is 29.0. The van der Waals surface area contributed by atoms with Gasteiger partial charge in [-0.1, -0.05) is 13.3 Å². The Morgan fingerprint density at radius 3 is 2.67 bits per heavy atom. The van der Waals surface area contributed by atoms with Crippen molar-refractivity contribution in [2.45, 2.75) is 32.2 Å². The lowest BCUT2D eigenvalue weighted by molar-refractivity contribution is 0.345. The summed E-state index contributed by atoms with van der Waals surface area (Å²) in [5, 5.41) is 3.46. The summed E-state index contributed by atoms with van der Waals surface area (Å²) in [7, 11) is 0. The van der Waals surface area contributed by atoms with Gasteiger partial charge >= 0.3 is 0 Å². The van der Waals surface area contributed by atoms with E-state index in [2.05, 4.69) is 19.2 Å². The Hall–Kier alpha value is -0.0400. The molecule has 9 heavy (non-hydrogen) atoms.